The van der Waals surface area contributed by atoms with E-state index in [0.717, 1.165) is 32.9 Å². The largest absolute Gasteiger partial charge is 0.383 e. The molecule has 0 bridgehead atoms. The number of pyridine rings is 1. The molecule has 0 aromatic carbocycles. The van der Waals surface area contributed by atoms with E-state index in [0.29, 0.717) is 13.2 Å². The number of rotatable bonds is 5. The van der Waals surface area contributed by atoms with Crippen molar-refractivity contribution in [1.82, 2.24) is 10.3 Å². The Hall–Kier alpha value is -1.57. The van der Waals surface area contributed by atoms with Gasteiger partial charge in [0.05, 0.1) is 22.2 Å². The summed E-state index contributed by atoms with van der Waals surface area (Å²) in [4.78, 5) is 19.4. The first-order valence-corrected chi connectivity index (χ1v) is 8.82. The van der Waals surface area contributed by atoms with Gasteiger partial charge >= 0.3 is 0 Å². The summed E-state index contributed by atoms with van der Waals surface area (Å²) in [5, 5.41) is 4.97. The normalized spacial score (nSPS) is 13.8. The summed E-state index contributed by atoms with van der Waals surface area (Å²) in [6.07, 6.45) is 1.82. The van der Waals surface area contributed by atoms with Gasteiger partial charge in [0.2, 0.25) is 0 Å². The number of thioether (sulfide) groups is 1. The van der Waals surface area contributed by atoms with Crippen molar-refractivity contribution in [3.63, 3.8) is 0 Å². The summed E-state index contributed by atoms with van der Waals surface area (Å²) in [6, 6.07) is 7.90. The maximum Gasteiger partial charge on any atom is 0.261 e. The van der Waals surface area contributed by atoms with Crippen LogP contribution in [0.1, 0.15) is 9.67 Å². The molecule has 1 amide bonds. The number of nitrogens with zero attached hydrogens (tertiary/aromatic N) is 2. The highest BCUT2D eigenvalue weighted by molar-refractivity contribution is 7.99. The summed E-state index contributed by atoms with van der Waals surface area (Å²) in [7, 11) is 1.62. The summed E-state index contributed by atoms with van der Waals surface area (Å²) in [6.45, 7) is 1.97. The number of fused-ring (bicyclic) bond motifs is 1. The second-order valence-corrected chi connectivity index (χ2v) is 6.86. The Kier molecular flexibility index (Phi) is 4.97. The van der Waals surface area contributed by atoms with E-state index in [9.17, 15) is 4.79 Å². The Morgan fingerprint density at radius 2 is 2.36 bits per heavy atom. The van der Waals surface area contributed by atoms with Crippen LogP contribution >= 0.6 is 23.1 Å². The number of carbonyl (C=O) groups is 1. The van der Waals surface area contributed by atoms with Crippen LogP contribution in [-0.2, 0) is 4.74 Å². The van der Waals surface area contributed by atoms with Gasteiger partial charge in [0.15, 0.2) is 0 Å². The maximum absolute atomic E-state index is 12.1. The van der Waals surface area contributed by atoms with Crippen LogP contribution in [-0.4, -0.2) is 43.5 Å². The van der Waals surface area contributed by atoms with Crippen molar-refractivity contribution in [2.75, 3.05) is 37.5 Å². The number of methoxy groups -OCH3 is 1. The molecule has 3 heterocycles. The first-order valence-electron chi connectivity index (χ1n) is 7.02. The molecule has 0 atom stereocenters. The quantitative estimate of drug-likeness (QED) is 0.852. The molecule has 2 aromatic rings. The van der Waals surface area contributed by atoms with E-state index in [2.05, 4.69) is 21.3 Å². The lowest BCUT2D eigenvalue weighted by Crippen LogP contribution is -2.26. The van der Waals surface area contributed by atoms with E-state index in [1.54, 1.807) is 18.9 Å². The predicted octanol–water partition coefficient (Wildman–Crippen LogP) is 2.76. The van der Waals surface area contributed by atoms with Crippen molar-refractivity contribution in [2.24, 2.45) is 0 Å². The van der Waals surface area contributed by atoms with E-state index in [-0.39, 0.29) is 5.91 Å². The van der Waals surface area contributed by atoms with Gasteiger partial charge in [-0.15, -0.1) is 23.1 Å². The van der Waals surface area contributed by atoms with E-state index in [4.69, 9.17) is 4.74 Å². The molecule has 0 unspecified atom stereocenters. The van der Waals surface area contributed by atoms with E-state index in [1.165, 1.54) is 11.3 Å². The summed E-state index contributed by atoms with van der Waals surface area (Å²) < 4.78 is 4.94. The molecule has 0 radical (unpaired) electrons. The molecule has 1 aliphatic heterocycles. The van der Waals surface area contributed by atoms with E-state index < -0.39 is 0 Å². The number of carbonyl (C=O) groups excluding carboxylic acids is 1. The van der Waals surface area contributed by atoms with E-state index >= 15 is 0 Å². The number of ether oxygens (including phenoxy) is 1. The Bertz CT molecular complexity index is 660. The highest BCUT2D eigenvalue weighted by Gasteiger charge is 2.21. The Morgan fingerprint density at radius 3 is 3.23 bits per heavy atom. The van der Waals surface area contributed by atoms with Crippen LogP contribution in [0.4, 0.5) is 10.7 Å². The van der Waals surface area contributed by atoms with Gasteiger partial charge in [0, 0.05) is 32.1 Å². The van der Waals surface area contributed by atoms with Gasteiger partial charge in [-0.2, -0.15) is 0 Å². The Balaban J connectivity index is 1.76. The monoisotopic (exact) mass is 335 g/mol. The molecule has 3 rings (SSSR count). The molecular formula is C15H17N3O2S2. The molecule has 0 saturated heterocycles. The minimum Gasteiger partial charge on any atom is -0.383 e. The topological polar surface area (TPSA) is 54.5 Å². The number of nitrogens with one attached hydrogen (secondary N) is 1. The zero-order chi connectivity index (χ0) is 15.4. The summed E-state index contributed by atoms with van der Waals surface area (Å²) in [5.74, 6) is 0.947. The molecule has 2 aromatic heterocycles. The lowest BCUT2D eigenvalue weighted by molar-refractivity contribution is 0.0941. The number of thiophene rings is 1. The highest BCUT2D eigenvalue weighted by atomic mass is 32.2. The SMILES string of the molecule is COCCNC(=O)c1ccc(N2CCSc3ncccc32)s1. The van der Waals surface area contributed by atoms with Gasteiger partial charge in [0.25, 0.3) is 5.91 Å². The molecule has 0 fully saturated rings. The molecule has 0 saturated carbocycles. The molecular weight excluding hydrogens is 318 g/mol. The number of anilines is 2. The lowest BCUT2D eigenvalue weighted by atomic mass is 10.3. The van der Waals surface area contributed by atoms with Crippen LogP contribution in [0.5, 0.6) is 0 Å². The van der Waals surface area contributed by atoms with Gasteiger partial charge < -0.3 is 15.0 Å². The average Bonchev–Trinajstić information content (AvgIpc) is 3.04. The van der Waals surface area contributed by atoms with Crippen LogP contribution in [0, 0.1) is 0 Å². The van der Waals surface area contributed by atoms with Gasteiger partial charge in [-0.3, -0.25) is 4.79 Å². The number of aromatic nitrogens is 1. The molecule has 5 nitrogen and oxygen atoms in total. The highest BCUT2D eigenvalue weighted by Crippen LogP contribution is 2.39. The standard InChI is InChI=1S/C15H17N3O2S2/c1-20-9-7-16-14(19)12-4-5-13(22-12)18-8-10-21-15-11(18)3-2-6-17-15/h2-6H,7-10H2,1H3,(H,16,19). The third kappa shape index (κ3) is 3.26. The molecule has 116 valence electrons. The zero-order valence-electron chi connectivity index (χ0n) is 12.2. The fourth-order valence-corrected chi connectivity index (χ4v) is 4.12. The van der Waals surface area contributed by atoms with Crippen molar-refractivity contribution in [3.8, 4) is 0 Å². The fraction of sp³-hybridized carbons (Fsp3) is 0.333. The van der Waals surface area contributed by atoms with Crippen molar-refractivity contribution in [2.45, 2.75) is 5.03 Å². The van der Waals surface area contributed by atoms with Crippen molar-refractivity contribution in [1.29, 1.82) is 0 Å². The van der Waals surface area contributed by atoms with Crippen molar-refractivity contribution < 1.29 is 9.53 Å². The van der Waals surface area contributed by atoms with Crippen molar-refractivity contribution in [3.05, 3.63) is 35.3 Å². The Morgan fingerprint density at radius 1 is 1.45 bits per heavy atom. The molecule has 22 heavy (non-hydrogen) atoms. The maximum atomic E-state index is 12.1. The third-order valence-corrected chi connectivity index (χ3v) is 5.35. The second kappa shape index (κ2) is 7.13. The van der Waals surface area contributed by atoms with Gasteiger partial charge in [0.1, 0.15) is 5.03 Å². The summed E-state index contributed by atoms with van der Waals surface area (Å²) in [5.41, 5.74) is 1.12. The predicted molar refractivity (Wildman–Crippen MR) is 90.5 cm³/mol. The molecule has 0 spiro atoms. The van der Waals surface area contributed by atoms with Crippen molar-refractivity contribution >= 4 is 39.7 Å². The fourth-order valence-electron chi connectivity index (χ4n) is 2.23. The van der Waals surface area contributed by atoms with Crippen LogP contribution in [0.3, 0.4) is 0 Å². The third-order valence-electron chi connectivity index (χ3n) is 3.27. The van der Waals surface area contributed by atoms with Crippen LogP contribution in [0.15, 0.2) is 35.5 Å². The molecule has 0 aliphatic carbocycles. The van der Waals surface area contributed by atoms with Gasteiger partial charge in [-0.25, -0.2) is 4.98 Å². The minimum absolute atomic E-state index is 0.0499. The van der Waals surface area contributed by atoms with Crippen LogP contribution < -0.4 is 10.2 Å². The minimum atomic E-state index is -0.0499. The van der Waals surface area contributed by atoms with Crippen LogP contribution in [0.25, 0.3) is 0 Å². The number of hydrogen-bond donors (Lipinski definition) is 1. The average molecular weight is 335 g/mol. The van der Waals surface area contributed by atoms with Gasteiger partial charge in [-0.05, 0) is 24.3 Å². The number of hydrogen-bond acceptors (Lipinski definition) is 6. The van der Waals surface area contributed by atoms with Gasteiger partial charge in [-0.1, -0.05) is 0 Å². The summed E-state index contributed by atoms with van der Waals surface area (Å²) >= 11 is 3.28. The second-order valence-electron chi connectivity index (χ2n) is 4.71. The number of amides is 1. The smallest absolute Gasteiger partial charge is 0.261 e. The Labute approximate surface area is 137 Å². The van der Waals surface area contributed by atoms with E-state index in [1.807, 2.05) is 24.4 Å². The lowest BCUT2D eigenvalue weighted by Gasteiger charge is -2.28. The molecule has 1 aliphatic rings. The molecule has 1 N–H and O–H groups in total. The molecule has 7 heteroatoms. The zero-order valence-corrected chi connectivity index (χ0v) is 13.9. The first-order chi connectivity index (χ1) is 10.8. The van der Waals surface area contributed by atoms with Crippen LogP contribution in [0.2, 0.25) is 0 Å². The first kappa shape index (κ1) is 15.3.